The van der Waals surface area contributed by atoms with E-state index in [-0.39, 0.29) is 0 Å². The molecule has 2 fully saturated rings. The summed E-state index contributed by atoms with van der Waals surface area (Å²) in [6.45, 7) is 12.7. The van der Waals surface area contributed by atoms with Crippen molar-refractivity contribution in [2.75, 3.05) is 19.6 Å². The summed E-state index contributed by atoms with van der Waals surface area (Å²) in [6.07, 6.45) is 12.2. The number of rotatable bonds is 5. The van der Waals surface area contributed by atoms with Gasteiger partial charge in [-0.15, -0.1) is 0 Å². The topological polar surface area (TPSA) is 15.3 Å². The molecule has 0 aromatic carbocycles. The first kappa shape index (κ1) is 17.0. The summed E-state index contributed by atoms with van der Waals surface area (Å²) >= 11 is 0. The second-order valence-corrected chi connectivity index (χ2v) is 7.54. The van der Waals surface area contributed by atoms with Crippen molar-refractivity contribution in [1.82, 2.24) is 10.2 Å². The lowest BCUT2D eigenvalue weighted by atomic mass is 9.79. The van der Waals surface area contributed by atoms with Gasteiger partial charge in [0.15, 0.2) is 0 Å². The van der Waals surface area contributed by atoms with Crippen LogP contribution in [0.2, 0.25) is 0 Å². The molecular weight excluding hydrogens is 256 g/mol. The smallest absolute Gasteiger partial charge is 0.0304 e. The minimum absolute atomic E-state index is 0.348. The Morgan fingerprint density at radius 3 is 2.38 bits per heavy atom. The number of allylic oxidation sites excluding steroid dienone is 1. The van der Waals surface area contributed by atoms with E-state index >= 15 is 0 Å². The largest absolute Gasteiger partial charge is 0.308 e. The van der Waals surface area contributed by atoms with Crippen LogP contribution in [0.5, 0.6) is 0 Å². The van der Waals surface area contributed by atoms with Gasteiger partial charge in [-0.2, -0.15) is 0 Å². The monoisotopic (exact) mass is 292 g/mol. The van der Waals surface area contributed by atoms with Crippen molar-refractivity contribution in [3.8, 4) is 0 Å². The number of nitrogens with one attached hydrogen (secondary N) is 1. The molecular formula is C19H36N2. The fourth-order valence-electron chi connectivity index (χ4n) is 4.22. The normalized spacial score (nSPS) is 27.5. The Morgan fingerprint density at radius 1 is 1.14 bits per heavy atom. The first-order chi connectivity index (χ1) is 10.1. The highest BCUT2D eigenvalue weighted by Crippen LogP contribution is 2.33. The molecule has 2 heteroatoms. The number of piperazine rings is 1. The number of hydrogen-bond acceptors (Lipinski definition) is 2. The zero-order valence-electron chi connectivity index (χ0n) is 14.8. The van der Waals surface area contributed by atoms with Gasteiger partial charge in [0.05, 0.1) is 0 Å². The van der Waals surface area contributed by atoms with Gasteiger partial charge >= 0.3 is 0 Å². The molecule has 2 aliphatic rings. The lowest BCUT2D eigenvalue weighted by Gasteiger charge is -2.50. The van der Waals surface area contributed by atoms with Gasteiger partial charge in [-0.05, 0) is 45.4 Å². The Bertz CT molecular complexity index is 333. The molecule has 0 spiro atoms. The molecule has 0 bridgehead atoms. The minimum Gasteiger partial charge on any atom is -0.308 e. The fraction of sp³-hybridized carbons (Fsp3) is 0.895. The predicted octanol–water partition coefficient (Wildman–Crippen LogP) is 4.37. The summed E-state index contributed by atoms with van der Waals surface area (Å²) < 4.78 is 0. The van der Waals surface area contributed by atoms with Crippen LogP contribution in [0.15, 0.2) is 11.6 Å². The second-order valence-electron chi connectivity index (χ2n) is 7.54. The van der Waals surface area contributed by atoms with Crippen LogP contribution in [0, 0.1) is 5.92 Å². The maximum atomic E-state index is 3.93. The Kier molecular flexibility index (Phi) is 6.31. The summed E-state index contributed by atoms with van der Waals surface area (Å²) in [4.78, 5) is 2.80. The van der Waals surface area contributed by atoms with E-state index in [1.807, 2.05) is 0 Å². The quantitative estimate of drug-likeness (QED) is 0.757. The standard InChI is InChI=1S/C19H36N2/c1-5-19(6-2)15-21(13-12-16(3)4)18(14-20-19)17-10-8-7-9-11-17/h12,17-18,20H,5-11,13-15H2,1-4H3. The molecule has 122 valence electrons. The van der Waals surface area contributed by atoms with Gasteiger partial charge in [0.2, 0.25) is 0 Å². The van der Waals surface area contributed by atoms with Gasteiger partial charge in [-0.25, -0.2) is 0 Å². The van der Waals surface area contributed by atoms with Crippen molar-refractivity contribution in [2.45, 2.75) is 84.2 Å². The van der Waals surface area contributed by atoms with Crippen molar-refractivity contribution in [3.63, 3.8) is 0 Å². The van der Waals surface area contributed by atoms with Crippen LogP contribution in [0.25, 0.3) is 0 Å². The zero-order valence-corrected chi connectivity index (χ0v) is 14.8. The van der Waals surface area contributed by atoms with Gasteiger partial charge in [0.1, 0.15) is 0 Å². The molecule has 1 unspecified atom stereocenters. The number of nitrogens with zero attached hydrogens (tertiary/aromatic N) is 1. The van der Waals surface area contributed by atoms with E-state index in [9.17, 15) is 0 Å². The first-order valence-electron chi connectivity index (χ1n) is 9.22. The maximum absolute atomic E-state index is 3.93. The lowest BCUT2D eigenvalue weighted by Crippen LogP contribution is -2.65. The first-order valence-corrected chi connectivity index (χ1v) is 9.22. The van der Waals surface area contributed by atoms with Crippen LogP contribution in [-0.2, 0) is 0 Å². The SMILES string of the molecule is CCC1(CC)CN(CC=C(C)C)C(C2CCCCC2)CN1. The summed E-state index contributed by atoms with van der Waals surface area (Å²) in [5, 5.41) is 3.93. The predicted molar refractivity (Wildman–Crippen MR) is 92.7 cm³/mol. The van der Waals surface area contributed by atoms with Crippen LogP contribution >= 0.6 is 0 Å². The van der Waals surface area contributed by atoms with E-state index in [0.29, 0.717) is 5.54 Å². The van der Waals surface area contributed by atoms with Crippen LogP contribution < -0.4 is 5.32 Å². The van der Waals surface area contributed by atoms with Gasteiger partial charge in [0, 0.05) is 31.2 Å². The highest BCUT2D eigenvalue weighted by atomic mass is 15.3. The third-order valence-corrected chi connectivity index (χ3v) is 5.94. The molecule has 1 atom stereocenters. The molecule has 1 aliphatic carbocycles. The lowest BCUT2D eigenvalue weighted by molar-refractivity contribution is 0.0410. The molecule has 1 saturated heterocycles. The molecule has 1 saturated carbocycles. The van der Waals surface area contributed by atoms with E-state index < -0.39 is 0 Å². The van der Waals surface area contributed by atoms with E-state index in [2.05, 4.69) is 44.0 Å². The Balaban J connectivity index is 2.09. The molecule has 2 nitrogen and oxygen atoms in total. The molecule has 0 amide bonds. The van der Waals surface area contributed by atoms with E-state index in [1.54, 1.807) is 0 Å². The van der Waals surface area contributed by atoms with Crippen LogP contribution in [0.1, 0.15) is 72.6 Å². The summed E-state index contributed by atoms with van der Waals surface area (Å²) in [5.74, 6) is 0.920. The average molecular weight is 293 g/mol. The summed E-state index contributed by atoms with van der Waals surface area (Å²) in [6, 6.07) is 0.757. The van der Waals surface area contributed by atoms with Gasteiger partial charge < -0.3 is 5.32 Å². The highest BCUT2D eigenvalue weighted by molar-refractivity contribution is 5.03. The van der Waals surface area contributed by atoms with Crippen molar-refractivity contribution in [3.05, 3.63) is 11.6 Å². The molecule has 0 radical (unpaired) electrons. The number of hydrogen-bond donors (Lipinski definition) is 1. The average Bonchev–Trinajstić information content (AvgIpc) is 2.53. The molecule has 1 aliphatic heterocycles. The molecule has 1 N–H and O–H groups in total. The van der Waals surface area contributed by atoms with E-state index in [4.69, 9.17) is 0 Å². The van der Waals surface area contributed by atoms with Crippen molar-refractivity contribution < 1.29 is 0 Å². The zero-order chi connectivity index (χ0) is 15.3. The van der Waals surface area contributed by atoms with Gasteiger partial charge in [-0.1, -0.05) is 44.8 Å². The fourth-order valence-corrected chi connectivity index (χ4v) is 4.22. The third kappa shape index (κ3) is 4.32. The van der Waals surface area contributed by atoms with Gasteiger partial charge in [-0.3, -0.25) is 4.90 Å². The van der Waals surface area contributed by atoms with Crippen LogP contribution in [0.4, 0.5) is 0 Å². The molecule has 2 rings (SSSR count). The molecule has 1 heterocycles. The second kappa shape index (κ2) is 7.78. The van der Waals surface area contributed by atoms with Crippen molar-refractivity contribution in [1.29, 1.82) is 0 Å². The minimum atomic E-state index is 0.348. The molecule has 0 aromatic rings. The van der Waals surface area contributed by atoms with Gasteiger partial charge in [0.25, 0.3) is 0 Å². The van der Waals surface area contributed by atoms with Crippen LogP contribution in [0.3, 0.4) is 0 Å². The van der Waals surface area contributed by atoms with Crippen molar-refractivity contribution in [2.24, 2.45) is 5.92 Å². The molecule has 21 heavy (non-hydrogen) atoms. The third-order valence-electron chi connectivity index (χ3n) is 5.94. The highest BCUT2D eigenvalue weighted by Gasteiger charge is 2.39. The van der Waals surface area contributed by atoms with Crippen LogP contribution in [-0.4, -0.2) is 36.1 Å². The Hall–Kier alpha value is -0.340. The Labute approximate surface area is 132 Å². The summed E-state index contributed by atoms with van der Waals surface area (Å²) in [7, 11) is 0. The van der Waals surface area contributed by atoms with E-state index in [0.717, 1.165) is 18.5 Å². The maximum Gasteiger partial charge on any atom is 0.0304 e. The van der Waals surface area contributed by atoms with Crippen molar-refractivity contribution >= 4 is 0 Å². The molecule has 0 aromatic heterocycles. The van der Waals surface area contributed by atoms with E-state index in [1.165, 1.54) is 63.6 Å². The Morgan fingerprint density at radius 2 is 1.81 bits per heavy atom. The summed E-state index contributed by atoms with van der Waals surface area (Å²) in [5.41, 5.74) is 1.80.